The van der Waals surface area contributed by atoms with Crippen molar-refractivity contribution in [3.63, 3.8) is 0 Å². The molecule has 0 N–H and O–H groups in total. The van der Waals surface area contributed by atoms with Crippen LogP contribution < -0.4 is 0 Å². The van der Waals surface area contributed by atoms with Gasteiger partial charge in [-0.25, -0.2) is 19.3 Å². The Hall–Kier alpha value is -7.12. The third-order valence-corrected chi connectivity index (χ3v) is 13.7. The molecule has 6 heteroatoms. The first-order valence-corrected chi connectivity index (χ1v) is 21.2. The summed E-state index contributed by atoms with van der Waals surface area (Å²) >= 11 is 3.60. The Kier molecular flexibility index (Phi) is 7.77. The van der Waals surface area contributed by atoms with E-state index in [1.165, 1.54) is 53.3 Å². The van der Waals surface area contributed by atoms with E-state index in [-0.39, 0.29) is 5.82 Å². The van der Waals surface area contributed by atoms with Crippen LogP contribution >= 0.6 is 22.7 Å². The van der Waals surface area contributed by atoms with Crippen LogP contribution in [0.2, 0.25) is 0 Å². The Balaban J connectivity index is 1.04. The van der Waals surface area contributed by atoms with Crippen molar-refractivity contribution >= 4 is 84.6 Å². The standard InChI is InChI=1S/C53H30FN3S2/c54-39-25-22-32(23-26-39)36-24-27-46-44(29-36)48-42(13-7-15-47(48)58-46)53-56-51(55-52(57-53)38-21-16-31-8-1-2-9-35(31)28-38)34-19-17-33(18-20-34)43-30-37-10-3-4-11-40(37)49-41-12-5-6-14-45(41)59-50(43)49/h1-30H. The summed E-state index contributed by atoms with van der Waals surface area (Å²) in [6, 6.07) is 62.7. The van der Waals surface area contributed by atoms with E-state index < -0.39 is 0 Å². The number of fused-ring (bicyclic) bond motifs is 9. The van der Waals surface area contributed by atoms with E-state index in [0.717, 1.165) is 59.6 Å². The van der Waals surface area contributed by atoms with Crippen LogP contribution in [0.1, 0.15) is 0 Å². The zero-order valence-electron chi connectivity index (χ0n) is 31.4. The highest BCUT2D eigenvalue weighted by Gasteiger charge is 2.19. The van der Waals surface area contributed by atoms with Gasteiger partial charge < -0.3 is 0 Å². The van der Waals surface area contributed by atoms with Crippen molar-refractivity contribution in [2.45, 2.75) is 0 Å². The van der Waals surface area contributed by atoms with Gasteiger partial charge in [-0.2, -0.15) is 0 Å². The van der Waals surface area contributed by atoms with Crippen molar-refractivity contribution in [2.24, 2.45) is 0 Å². The van der Waals surface area contributed by atoms with Crippen LogP contribution in [0.5, 0.6) is 0 Å². The Morgan fingerprint density at radius 2 is 0.966 bits per heavy atom. The molecule has 276 valence electrons. The van der Waals surface area contributed by atoms with E-state index in [4.69, 9.17) is 15.0 Å². The summed E-state index contributed by atoms with van der Waals surface area (Å²) in [7, 11) is 0. The maximum absolute atomic E-state index is 13.9. The average molecular weight is 792 g/mol. The highest BCUT2D eigenvalue weighted by atomic mass is 32.1. The highest BCUT2D eigenvalue weighted by molar-refractivity contribution is 7.26. The van der Waals surface area contributed by atoms with Gasteiger partial charge in [0.05, 0.1) is 0 Å². The Labute approximate surface area is 346 Å². The molecule has 3 heterocycles. The lowest BCUT2D eigenvalue weighted by atomic mass is 9.96. The number of halogens is 1. The number of aromatic nitrogens is 3. The second-order valence-corrected chi connectivity index (χ2v) is 17.0. The van der Waals surface area contributed by atoms with Crippen LogP contribution in [-0.2, 0) is 0 Å². The van der Waals surface area contributed by atoms with Crippen molar-refractivity contribution in [3.05, 3.63) is 188 Å². The monoisotopic (exact) mass is 791 g/mol. The van der Waals surface area contributed by atoms with E-state index in [0.29, 0.717) is 17.5 Å². The lowest BCUT2D eigenvalue weighted by Gasteiger charge is -2.11. The number of rotatable bonds is 5. The quantitative estimate of drug-likeness (QED) is 0.174. The van der Waals surface area contributed by atoms with Gasteiger partial charge in [-0.05, 0) is 86.8 Å². The molecular weight excluding hydrogens is 762 g/mol. The Bertz CT molecular complexity index is 3620. The van der Waals surface area contributed by atoms with Gasteiger partial charge >= 0.3 is 0 Å². The molecule has 0 unspecified atom stereocenters. The minimum atomic E-state index is -0.247. The van der Waals surface area contributed by atoms with E-state index >= 15 is 0 Å². The molecule has 59 heavy (non-hydrogen) atoms. The molecule has 9 aromatic carbocycles. The van der Waals surface area contributed by atoms with Gasteiger partial charge in [-0.1, -0.05) is 133 Å². The van der Waals surface area contributed by atoms with Crippen molar-refractivity contribution in [2.75, 3.05) is 0 Å². The van der Waals surface area contributed by atoms with Crippen LogP contribution in [0.3, 0.4) is 0 Å². The van der Waals surface area contributed by atoms with Gasteiger partial charge in [-0.3, -0.25) is 0 Å². The minimum absolute atomic E-state index is 0.247. The second-order valence-electron chi connectivity index (χ2n) is 14.9. The molecule has 0 amide bonds. The molecule has 3 nitrogen and oxygen atoms in total. The molecular formula is C53H30FN3S2. The lowest BCUT2D eigenvalue weighted by molar-refractivity contribution is 0.628. The molecule has 0 fully saturated rings. The minimum Gasteiger partial charge on any atom is -0.208 e. The lowest BCUT2D eigenvalue weighted by Crippen LogP contribution is -2.00. The highest BCUT2D eigenvalue weighted by Crippen LogP contribution is 2.45. The summed E-state index contributed by atoms with van der Waals surface area (Å²) in [6.07, 6.45) is 0. The van der Waals surface area contributed by atoms with Crippen LogP contribution in [-0.4, -0.2) is 15.0 Å². The summed E-state index contributed by atoms with van der Waals surface area (Å²) in [5, 5.41) is 9.60. The maximum atomic E-state index is 13.9. The molecule has 0 bridgehead atoms. The van der Waals surface area contributed by atoms with E-state index in [9.17, 15) is 4.39 Å². The summed E-state index contributed by atoms with van der Waals surface area (Å²) in [5.74, 6) is 1.59. The van der Waals surface area contributed by atoms with Crippen LogP contribution in [0, 0.1) is 5.82 Å². The second kappa shape index (κ2) is 13.5. The first-order valence-electron chi connectivity index (χ1n) is 19.5. The molecule has 0 spiro atoms. The number of hydrogen-bond donors (Lipinski definition) is 0. The molecule has 0 aliphatic rings. The van der Waals surface area contributed by atoms with Gasteiger partial charge in [0.1, 0.15) is 5.82 Å². The fraction of sp³-hybridized carbons (Fsp3) is 0. The predicted molar refractivity (Wildman–Crippen MR) is 248 cm³/mol. The smallest absolute Gasteiger partial charge is 0.164 e. The molecule has 0 aliphatic heterocycles. The molecule has 0 aliphatic carbocycles. The van der Waals surface area contributed by atoms with Crippen molar-refractivity contribution < 1.29 is 4.39 Å². The van der Waals surface area contributed by atoms with Gasteiger partial charge in [0, 0.05) is 62.6 Å². The molecule has 3 aromatic heterocycles. The molecule has 12 rings (SSSR count). The summed E-state index contributed by atoms with van der Waals surface area (Å²) in [6.45, 7) is 0. The van der Waals surface area contributed by atoms with Crippen molar-refractivity contribution in [3.8, 4) is 56.4 Å². The van der Waals surface area contributed by atoms with Crippen LogP contribution in [0.4, 0.5) is 4.39 Å². The van der Waals surface area contributed by atoms with Crippen LogP contribution in [0.25, 0.3) is 118 Å². The van der Waals surface area contributed by atoms with Crippen molar-refractivity contribution in [1.29, 1.82) is 0 Å². The zero-order valence-corrected chi connectivity index (χ0v) is 33.0. The van der Waals surface area contributed by atoms with Crippen LogP contribution in [0.15, 0.2) is 182 Å². The third-order valence-electron chi connectivity index (χ3n) is 11.4. The summed E-state index contributed by atoms with van der Waals surface area (Å²) in [5.41, 5.74) is 7.13. The van der Waals surface area contributed by atoms with Gasteiger partial charge in [0.2, 0.25) is 0 Å². The van der Waals surface area contributed by atoms with Gasteiger partial charge in [0.15, 0.2) is 17.5 Å². The van der Waals surface area contributed by atoms with Gasteiger partial charge in [-0.15, -0.1) is 22.7 Å². The number of thiophene rings is 2. The SMILES string of the molecule is Fc1ccc(-c2ccc3sc4cccc(-c5nc(-c6ccc(-c7cc8ccccc8c8c7sc7ccccc78)cc6)nc(-c6ccc7ccccc7c6)n5)c4c3c2)cc1. The molecule has 0 atom stereocenters. The molecule has 0 saturated carbocycles. The zero-order chi connectivity index (χ0) is 39.0. The number of benzene rings is 9. The number of nitrogens with zero attached hydrogens (tertiary/aromatic N) is 3. The fourth-order valence-corrected chi connectivity index (χ4v) is 10.9. The van der Waals surface area contributed by atoms with E-state index in [1.54, 1.807) is 11.3 Å². The first-order chi connectivity index (χ1) is 29.1. The van der Waals surface area contributed by atoms with Crippen molar-refractivity contribution in [1.82, 2.24) is 15.0 Å². The largest absolute Gasteiger partial charge is 0.208 e. The summed E-state index contributed by atoms with van der Waals surface area (Å²) < 4.78 is 18.8. The van der Waals surface area contributed by atoms with E-state index in [1.807, 2.05) is 23.5 Å². The predicted octanol–water partition coefficient (Wildman–Crippen LogP) is 15.4. The average Bonchev–Trinajstić information content (AvgIpc) is 3.88. The number of hydrogen-bond acceptors (Lipinski definition) is 5. The summed E-state index contributed by atoms with van der Waals surface area (Å²) in [4.78, 5) is 15.6. The van der Waals surface area contributed by atoms with Gasteiger partial charge in [0.25, 0.3) is 0 Å². The normalized spacial score (nSPS) is 11.8. The fourth-order valence-electron chi connectivity index (χ4n) is 8.51. The van der Waals surface area contributed by atoms with E-state index in [2.05, 4.69) is 158 Å². The molecule has 0 radical (unpaired) electrons. The first kappa shape index (κ1) is 34.0. The third kappa shape index (κ3) is 5.71. The topological polar surface area (TPSA) is 38.7 Å². The molecule has 0 saturated heterocycles. The Morgan fingerprint density at radius 3 is 1.81 bits per heavy atom. The Morgan fingerprint density at radius 1 is 0.339 bits per heavy atom. The molecule has 12 aromatic rings. The maximum Gasteiger partial charge on any atom is 0.164 e.